The van der Waals surface area contributed by atoms with Crippen LogP contribution in [0.2, 0.25) is 0 Å². The highest BCUT2D eigenvalue weighted by atomic mass is 15.3. The summed E-state index contributed by atoms with van der Waals surface area (Å²) in [6.07, 6.45) is 2.78. The van der Waals surface area contributed by atoms with Gasteiger partial charge in [0.05, 0.1) is 22.9 Å². The van der Waals surface area contributed by atoms with Crippen LogP contribution in [0.5, 0.6) is 0 Å². The number of hydrogen-bond acceptors (Lipinski definition) is 3. The van der Waals surface area contributed by atoms with Crippen LogP contribution in [0.1, 0.15) is 26.0 Å². The monoisotopic (exact) mass is 206 g/mol. The molecule has 0 aromatic carbocycles. The van der Waals surface area contributed by atoms with Crippen molar-refractivity contribution in [1.29, 1.82) is 5.26 Å². The zero-order valence-corrected chi connectivity index (χ0v) is 9.83. The molecule has 4 heteroatoms. The van der Waals surface area contributed by atoms with Gasteiger partial charge in [0.25, 0.3) is 0 Å². The largest absolute Gasteiger partial charge is 0.382 e. The van der Waals surface area contributed by atoms with Gasteiger partial charge in [-0.1, -0.05) is 0 Å². The fraction of sp³-hybridized carbons (Fsp3) is 0.636. The van der Waals surface area contributed by atoms with E-state index in [4.69, 9.17) is 5.26 Å². The van der Waals surface area contributed by atoms with Crippen LogP contribution in [0, 0.1) is 23.7 Å². The number of rotatable bonds is 4. The predicted octanol–water partition coefficient (Wildman–Crippen LogP) is 2.08. The van der Waals surface area contributed by atoms with E-state index in [1.165, 1.54) is 0 Å². The van der Waals surface area contributed by atoms with Gasteiger partial charge in [-0.25, -0.2) is 0 Å². The van der Waals surface area contributed by atoms with Gasteiger partial charge in [0.2, 0.25) is 0 Å². The smallest absolute Gasteiger partial charge is 0.0824 e. The molecule has 0 fully saturated rings. The lowest BCUT2D eigenvalue weighted by atomic mass is 9.91. The molecule has 82 valence electrons. The van der Waals surface area contributed by atoms with Gasteiger partial charge in [-0.3, -0.25) is 4.68 Å². The Kier molecular flexibility index (Phi) is 3.35. The number of nitrogens with zero attached hydrogens (tertiary/aromatic N) is 3. The number of aryl methyl sites for hydroxylation is 2. The Labute approximate surface area is 90.9 Å². The van der Waals surface area contributed by atoms with E-state index in [0.717, 1.165) is 24.3 Å². The molecular weight excluding hydrogens is 188 g/mol. The third-order valence-corrected chi connectivity index (χ3v) is 2.38. The van der Waals surface area contributed by atoms with Gasteiger partial charge >= 0.3 is 0 Å². The van der Waals surface area contributed by atoms with Crippen LogP contribution in [0.25, 0.3) is 0 Å². The molecule has 4 nitrogen and oxygen atoms in total. The third kappa shape index (κ3) is 3.28. The number of nitrogens with one attached hydrogen (secondary N) is 1. The highest BCUT2D eigenvalue weighted by Gasteiger charge is 2.15. The molecule has 0 unspecified atom stereocenters. The van der Waals surface area contributed by atoms with Gasteiger partial charge in [0, 0.05) is 19.8 Å². The standard InChI is InChI=1S/C11H18N4/c1-9-10(7-15(4)14-9)13-6-5-11(2,3)8-12/h7,13H,5-6H2,1-4H3. The molecule has 15 heavy (non-hydrogen) atoms. The first kappa shape index (κ1) is 11.6. The van der Waals surface area contributed by atoms with Gasteiger partial charge in [-0.15, -0.1) is 0 Å². The van der Waals surface area contributed by atoms with Crippen LogP contribution in [0.4, 0.5) is 5.69 Å². The molecule has 0 aliphatic rings. The van der Waals surface area contributed by atoms with E-state index in [1.807, 2.05) is 34.0 Å². The fourth-order valence-corrected chi connectivity index (χ4v) is 1.34. The molecule has 1 heterocycles. The first-order valence-electron chi connectivity index (χ1n) is 5.10. The van der Waals surface area contributed by atoms with Gasteiger partial charge in [-0.05, 0) is 27.2 Å². The summed E-state index contributed by atoms with van der Waals surface area (Å²) in [6.45, 7) is 6.67. The van der Waals surface area contributed by atoms with E-state index >= 15 is 0 Å². The SMILES string of the molecule is Cc1nn(C)cc1NCCC(C)(C)C#N. The minimum Gasteiger partial charge on any atom is -0.382 e. The highest BCUT2D eigenvalue weighted by Crippen LogP contribution is 2.19. The Morgan fingerprint density at radius 1 is 1.60 bits per heavy atom. The second-order valence-corrected chi connectivity index (χ2v) is 4.47. The second-order valence-electron chi connectivity index (χ2n) is 4.47. The van der Waals surface area contributed by atoms with E-state index < -0.39 is 0 Å². The van der Waals surface area contributed by atoms with Gasteiger partial charge in [0.1, 0.15) is 0 Å². The molecule has 0 aliphatic carbocycles. The van der Waals surface area contributed by atoms with E-state index in [-0.39, 0.29) is 5.41 Å². The van der Waals surface area contributed by atoms with Crippen molar-refractivity contribution in [1.82, 2.24) is 9.78 Å². The summed E-state index contributed by atoms with van der Waals surface area (Å²) in [5.74, 6) is 0. The quantitative estimate of drug-likeness (QED) is 0.820. The first-order chi connectivity index (χ1) is 6.94. The molecule has 0 radical (unpaired) electrons. The molecule has 0 saturated heterocycles. The van der Waals surface area contributed by atoms with Crippen molar-refractivity contribution in [2.75, 3.05) is 11.9 Å². The summed E-state index contributed by atoms with van der Waals surface area (Å²) in [6, 6.07) is 2.29. The maximum Gasteiger partial charge on any atom is 0.0824 e. The van der Waals surface area contributed by atoms with Crippen LogP contribution in [-0.2, 0) is 7.05 Å². The molecule has 0 amide bonds. The lowest BCUT2D eigenvalue weighted by molar-refractivity contribution is 0.466. The summed E-state index contributed by atoms with van der Waals surface area (Å²) >= 11 is 0. The topological polar surface area (TPSA) is 53.6 Å². The molecule has 0 bridgehead atoms. The van der Waals surface area contributed by atoms with E-state index in [2.05, 4.69) is 16.5 Å². The zero-order valence-electron chi connectivity index (χ0n) is 9.83. The van der Waals surface area contributed by atoms with Crippen LogP contribution < -0.4 is 5.32 Å². The lowest BCUT2D eigenvalue weighted by Crippen LogP contribution is -2.14. The molecular formula is C11H18N4. The minimum absolute atomic E-state index is 0.261. The summed E-state index contributed by atoms with van der Waals surface area (Å²) < 4.78 is 1.78. The van der Waals surface area contributed by atoms with Gasteiger partial charge in [0.15, 0.2) is 0 Å². The van der Waals surface area contributed by atoms with Crippen molar-refractivity contribution < 1.29 is 0 Å². The maximum absolute atomic E-state index is 8.86. The summed E-state index contributed by atoms with van der Waals surface area (Å²) in [5, 5.41) is 16.4. The summed E-state index contributed by atoms with van der Waals surface area (Å²) in [4.78, 5) is 0. The van der Waals surface area contributed by atoms with Gasteiger partial charge < -0.3 is 5.32 Å². The average Bonchev–Trinajstić information content (AvgIpc) is 2.45. The summed E-state index contributed by atoms with van der Waals surface area (Å²) in [5.41, 5.74) is 1.78. The van der Waals surface area contributed by atoms with E-state index in [9.17, 15) is 0 Å². The van der Waals surface area contributed by atoms with Crippen molar-refractivity contribution in [3.63, 3.8) is 0 Å². The maximum atomic E-state index is 8.86. The Balaban J connectivity index is 2.46. The van der Waals surface area contributed by atoms with E-state index in [0.29, 0.717) is 0 Å². The Bertz CT molecular complexity index is 370. The molecule has 1 aromatic heterocycles. The second kappa shape index (κ2) is 4.35. The highest BCUT2D eigenvalue weighted by molar-refractivity contribution is 5.45. The fourth-order valence-electron chi connectivity index (χ4n) is 1.34. The minimum atomic E-state index is -0.261. The molecule has 1 rings (SSSR count). The molecule has 0 atom stereocenters. The molecule has 0 saturated carbocycles. The van der Waals surface area contributed by atoms with Crippen LogP contribution in [-0.4, -0.2) is 16.3 Å². The molecule has 1 N–H and O–H groups in total. The molecule has 0 spiro atoms. The molecule has 1 aromatic rings. The number of nitriles is 1. The number of hydrogen-bond donors (Lipinski definition) is 1. The normalized spacial score (nSPS) is 11.1. The van der Waals surface area contributed by atoms with Crippen molar-refractivity contribution >= 4 is 5.69 Å². The zero-order chi connectivity index (χ0) is 11.5. The Hall–Kier alpha value is -1.50. The van der Waals surface area contributed by atoms with Crippen molar-refractivity contribution in [3.8, 4) is 6.07 Å². The predicted molar refractivity (Wildman–Crippen MR) is 60.4 cm³/mol. The Morgan fingerprint density at radius 3 is 2.73 bits per heavy atom. The van der Waals surface area contributed by atoms with Gasteiger partial charge in [-0.2, -0.15) is 10.4 Å². The van der Waals surface area contributed by atoms with E-state index in [1.54, 1.807) is 4.68 Å². The van der Waals surface area contributed by atoms with Crippen molar-refractivity contribution in [2.24, 2.45) is 12.5 Å². The first-order valence-corrected chi connectivity index (χ1v) is 5.10. The molecule has 0 aliphatic heterocycles. The number of anilines is 1. The Morgan fingerprint density at radius 2 is 2.27 bits per heavy atom. The lowest BCUT2D eigenvalue weighted by Gasteiger charge is -2.15. The third-order valence-electron chi connectivity index (χ3n) is 2.38. The van der Waals surface area contributed by atoms with Crippen molar-refractivity contribution in [2.45, 2.75) is 27.2 Å². The van der Waals surface area contributed by atoms with Crippen molar-refractivity contribution in [3.05, 3.63) is 11.9 Å². The summed E-state index contributed by atoms with van der Waals surface area (Å²) in [7, 11) is 1.90. The average molecular weight is 206 g/mol. The number of aromatic nitrogens is 2. The van der Waals surface area contributed by atoms with Crippen LogP contribution >= 0.6 is 0 Å². The van der Waals surface area contributed by atoms with Crippen LogP contribution in [0.3, 0.4) is 0 Å². The van der Waals surface area contributed by atoms with Crippen LogP contribution in [0.15, 0.2) is 6.20 Å².